The van der Waals surface area contributed by atoms with E-state index < -0.39 is 6.10 Å². The van der Waals surface area contributed by atoms with Crippen LogP contribution >= 0.6 is 15.9 Å². The molecule has 0 aliphatic carbocycles. The Kier molecular flexibility index (Phi) is 5.88. The van der Waals surface area contributed by atoms with Crippen LogP contribution in [0, 0.1) is 6.92 Å². The lowest BCUT2D eigenvalue weighted by Crippen LogP contribution is -2.13. The summed E-state index contributed by atoms with van der Waals surface area (Å²) in [5.74, 6) is 0.225. The molecule has 3 aromatic rings. The van der Waals surface area contributed by atoms with E-state index >= 15 is 0 Å². The van der Waals surface area contributed by atoms with Crippen LogP contribution in [0.25, 0.3) is 0 Å². The first-order valence-corrected chi connectivity index (χ1v) is 9.06. The second-order valence-electron chi connectivity index (χ2n) is 6.00. The topological polar surface area (TPSA) is 89.3 Å². The van der Waals surface area contributed by atoms with E-state index in [1.54, 1.807) is 25.3 Å². The predicted molar refractivity (Wildman–Crippen MR) is 105 cm³/mol. The standard InChI is InChI=1S/C19H19BrN4O3/c1-12-9-13(7-8-15(12)20)21-19(26)16-10-24(23-22-16)11-17(25)14-5-3-4-6-18(14)27-2/h3-10,17,25H,11H2,1-2H3,(H,21,26)/t17-/m0/s1. The summed E-state index contributed by atoms with van der Waals surface area (Å²) in [6, 6.07) is 12.7. The van der Waals surface area contributed by atoms with E-state index in [0.29, 0.717) is 17.0 Å². The number of nitrogens with zero attached hydrogens (tertiary/aromatic N) is 3. The molecule has 0 spiro atoms. The van der Waals surface area contributed by atoms with Crippen molar-refractivity contribution in [2.45, 2.75) is 19.6 Å². The molecule has 3 rings (SSSR count). The third kappa shape index (κ3) is 4.53. The Hall–Kier alpha value is -2.71. The van der Waals surface area contributed by atoms with Crippen LogP contribution in [0.15, 0.2) is 53.1 Å². The third-order valence-electron chi connectivity index (χ3n) is 4.05. The Morgan fingerprint density at radius 1 is 1.33 bits per heavy atom. The van der Waals surface area contributed by atoms with Crippen molar-refractivity contribution in [3.05, 3.63) is 70.0 Å². The molecule has 0 bridgehead atoms. The monoisotopic (exact) mass is 430 g/mol. The van der Waals surface area contributed by atoms with Crippen LogP contribution in [0.1, 0.15) is 27.7 Å². The Morgan fingerprint density at radius 2 is 2.11 bits per heavy atom. The molecule has 27 heavy (non-hydrogen) atoms. The summed E-state index contributed by atoms with van der Waals surface area (Å²) in [7, 11) is 1.55. The molecule has 0 saturated heterocycles. The van der Waals surface area contributed by atoms with E-state index in [4.69, 9.17) is 4.74 Å². The van der Waals surface area contributed by atoms with Crippen molar-refractivity contribution in [2.24, 2.45) is 0 Å². The van der Waals surface area contributed by atoms with Crippen molar-refractivity contribution >= 4 is 27.5 Å². The minimum atomic E-state index is -0.840. The van der Waals surface area contributed by atoms with Gasteiger partial charge in [0.25, 0.3) is 5.91 Å². The van der Waals surface area contributed by atoms with Crippen LogP contribution in [0.4, 0.5) is 5.69 Å². The first-order valence-electron chi connectivity index (χ1n) is 8.26. The fourth-order valence-electron chi connectivity index (χ4n) is 2.63. The highest BCUT2D eigenvalue weighted by Gasteiger charge is 2.16. The molecule has 2 N–H and O–H groups in total. The number of aliphatic hydroxyl groups is 1. The maximum Gasteiger partial charge on any atom is 0.277 e. The maximum atomic E-state index is 12.4. The highest BCUT2D eigenvalue weighted by Crippen LogP contribution is 2.25. The number of para-hydroxylation sites is 1. The normalized spacial score (nSPS) is 11.9. The number of ether oxygens (including phenoxy) is 1. The molecule has 0 fully saturated rings. The van der Waals surface area contributed by atoms with Gasteiger partial charge in [-0.25, -0.2) is 4.68 Å². The van der Waals surface area contributed by atoms with Crippen LogP contribution in [-0.2, 0) is 6.54 Å². The van der Waals surface area contributed by atoms with Gasteiger partial charge in [0.05, 0.1) is 19.9 Å². The molecule has 140 valence electrons. The van der Waals surface area contributed by atoms with Crippen molar-refractivity contribution in [2.75, 3.05) is 12.4 Å². The van der Waals surface area contributed by atoms with Crippen LogP contribution in [-0.4, -0.2) is 33.1 Å². The lowest BCUT2D eigenvalue weighted by molar-refractivity contribution is 0.102. The van der Waals surface area contributed by atoms with Gasteiger partial charge in [-0.05, 0) is 36.8 Å². The summed E-state index contributed by atoms with van der Waals surface area (Å²) in [5.41, 5.74) is 2.50. The lowest BCUT2D eigenvalue weighted by Gasteiger charge is -2.14. The average Bonchev–Trinajstić information content (AvgIpc) is 3.13. The number of carbonyl (C=O) groups is 1. The highest BCUT2D eigenvalue weighted by atomic mass is 79.9. The van der Waals surface area contributed by atoms with Crippen molar-refractivity contribution < 1.29 is 14.6 Å². The summed E-state index contributed by atoms with van der Waals surface area (Å²) >= 11 is 3.43. The number of hydrogen-bond donors (Lipinski definition) is 2. The number of aliphatic hydroxyl groups excluding tert-OH is 1. The van der Waals surface area contributed by atoms with Crippen LogP contribution < -0.4 is 10.1 Å². The number of nitrogens with one attached hydrogen (secondary N) is 1. The Bertz CT molecular complexity index is 958. The van der Waals surface area contributed by atoms with Crippen molar-refractivity contribution in [1.82, 2.24) is 15.0 Å². The van der Waals surface area contributed by atoms with Gasteiger partial charge < -0.3 is 15.2 Å². The van der Waals surface area contributed by atoms with Gasteiger partial charge in [-0.2, -0.15) is 0 Å². The molecule has 1 heterocycles. The average molecular weight is 431 g/mol. The molecule has 1 aromatic heterocycles. The first kappa shape index (κ1) is 19.1. The number of rotatable bonds is 6. The molecular formula is C19H19BrN4O3. The zero-order chi connectivity index (χ0) is 19.4. The van der Waals surface area contributed by atoms with Gasteiger partial charge in [0.1, 0.15) is 11.9 Å². The van der Waals surface area contributed by atoms with E-state index in [1.165, 1.54) is 10.9 Å². The zero-order valence-electron chi connectivity index (χ0n) is 14.9. The lowest BCUT2D eigenvalue weighted by atomic mass is 10.1. The molecule has 1 atom stereocenters. The smallest absolute Gasteiger partial charge is 0.277 e. The summed E-state index contributed by atoms with van der Waals surface area (Å²) in [6.45, 7) is 2.09. The minimum absolute atomic E-state index is 0.151. The number of halogens is 1. The zero-order valence-corrected chi connectivity index (χ0v) is 16.5. The number of benzene rings is 2. The quantitative estimate of drug-likeness (QED) is 0.625. The fourth-order valence-corrected chi connectivity index (χ4v) is 2.87. The Balaban J connectivity index is 1.68. The van der Waals surface area contributed by atoms with Gasteiger partial charge in [0.2, 0.25) is 0 Å². The minimum Gasteiger partial charge on any atom is -0.496 e. The van der Waals surface area contributed by atoms with E-state index in [-0.39, 0.29) is 18.1 Å². The van der Waals surface area contributed by atoms with Gasteiger partial charge in [0.15, 0.2) is 5.69 Å². The fraction of sp³-hybridized carbons (Fsp3) is 0.211. The Labute approximate surface area is 165 Å². The van der Waals surface area contributed by atoms with Crippen molar-refractivity contribution in [3.63, 3.8) is 0 Å². The molecule has 0 aliphatic rings. The Morgan fingerprint density at radius 3 is 2.85 bits per heavy atom. The van der Waals surface area contributed by atoms with Crippen molar-refractivity contribution in [3.8, 4) is 5.75 Å². The van der Waals surface area contributed by atoms with Gasteiger partial charge in [-0.3, -0.25) is 4.79 Å². The van der Waals surface area contributed by atoms with E-state index in [1.807, 2.05) is 31.2 Å². The van der Waals surface area contributed by atoms with E-state index in [2.05, 4.69) is 31.6 Å². The second-order valence-corrected chi connectivity index (χ2v) is 6.86. The summed E-state index contributed by atoms with van der Waals surface area (Å²) in [4.78, 5) is 12.4. The number of carbonyl (C=O) groups excluding carboxylic acids is 1. The van der Waals surface area contributed by atoms with Gasteiger partial charge in [-0.15, -0.1) is 5.10 Å². The third-order valence-corrected chi connectivity index (χ3v) is 4.93. The molecule has 8 heteroatoms. The predicted octanol–water partition coefficient (Wildman–Crippen LogP) is 3.34. The van der Waals surface area contributed by atoms with Gasteiger partial charge in [-0.1, -0.05) is 39.3 Å². The molecule has 2 aromatic carbocycles. The molecule has 0 unspecified atom stereocenters. The number of amides is 1. The molecule has 7 nitrogen and oxygen atoms in total. The van der Waals surface area contributed by atoms with Crippen LogP contribution in [0.2, 0.25) is 0 Å². The number of hydrogen-bond acceptors (Lipinski definition) is 5. The molecule has 0 saturated carbocycles. The van der Waals surface area contributed by atoms with Crippen LogP contribution in [0.3, 0.4) is 0 Å². The van der Waals surface area contributed by atoms with Gasteiger partial charge >= 0.3 is 0 Å². The highest BCUT2D eigenvalue weighted by molar-refractivity contribution is 9.10. The van der Waals surface area contributed by atoms with Gasteiger partial charge in [0, 0.05) is 15.7 Å². The maximum absolute atomic E-state index is 12.4. The molecule has 0 aliphatic heterocycles. The summed E-state index contributed by atoms with van der Waals surface area (Å²) in [6.07, 6.45) is 0.660. The van der Waals surface area contributed by atoms with Crippen LogP contribution in [0.5, 0.6) is 5.75 Å². The molecular weight excluding hydrogens is 412 g/mol. The number of aryl methyl sites for hydroxylation is 1. The SMILES string of the molecule is COc1ccccc1[C@@H](O)Cn1cc(C(=O)Nc2ccc(Br)c(C)c2)nn1. The van der Waals surface area contributed by atoms with E-state index in [9.17, 15) is 9.90 Å². The first-order chi connectivity index (χ1) is 13.0. The number of aromatic nitrogens is 3. The van der Waals surface area contributed by atoms with Crippen molar-refractivity contribution in [1.29, 1.82) is 0 Å². The summed E-state index contributed by atoms with van der Waals surface area (Å²) < 4.78 is 7.66. The molecule has 0 radical (unpaired) electrons. The largest absolute Gasteiger partial charge is 0.496 e. The number of anilines is 1. The summed E-state index contributed by atoms with van der Waals surface area (Å²) in [5, 5.41) is 21.1. The molecule has 1 amide bonds. The van der Waals surface area contributed by atoms with E-state index in [0.717, 1.165) is 10.0 Å². The second kappa shape index (κ2) is 8.32. The number of methoxy groups -OCH3 is 1.